The molecular weight excluding hydrogens is 344 g/mol. The molecule has 0 heterocycles. The molecule has 2 rings (SSSR count). The van der Waals surface area contributed by atoms with Crippen molar-refractivity contribution < 1.29 is 9.47 Å². The first kappa shape index (κ1) is 22.6. The molecule has 0 aromatic heterocycles. The maximum atomic E-state index is 6.59. The van der Waals surface area contributed by atoms with Crippen LogP contribution in [0.15, 0.2) is 48.5 Å². The van der Waals surface area contributed by atoms with Crippen LogP contribution in [0.25, 0.3) is 0 Å². The zero-order valence-corrected chi connectivity index (χ0v) is 18.7. The normalized spacial score (nSPS) is 15.8. The summed E-state index contributed by atoms with van der Waals surface area (Å²) >= 11 is 0. The Labute approximate surface area is 172 Å². The number of ether oxygens (including phenoxy) is 2. The maximum absolute atomic E-state index is 6.59. The average molecular weight is 383 g/mol. The van der Waals surface area contributed by atoms with Crippen molar-refractivity contribution in [3.63, 3.8) is 0 Å². The third-order valence-corrected chi connectivity index (χ3v) is 5.93. The molecule has 154 valence electrons. The lowest BCUT2D eigenvalue weighted by Gasteiger charge is -2.47. The fraction of sp³-hybridized carbons (Fsp3) is 0.538. The fourth-order valence-electron chi connectivity index (χ4n) is 3.72. The second-order valence-electron chi connectivity index (χ2n) is 7.86. The fourth-order valence-corrected chi connectivity index (χ4v) is 3.72. The Balaban J connectivity index is 2.58. The van der Waals surface area contributed by atoms with Crippen LogP contribution in [0.3, 0.4) is 0 Å². The molecule has 2 unspecified atom stereocenters. The van der Waals surface area contributed by atoms with Gasteiger partial charge >= 0.3 is 0 Å². The lowest BCUT2D eigenvalue weighted by molar-refractivity contribution is -0.207. The van der Waals surface area contributed by atoms with Crippen LogP contribution < -0.4 is 0 Å². The predicted molar refractivity (Wildman–Crippen MR) is 119 cm³/mol. The van der Waals surface area contributed by atoms with Gasteiger partial charge in [0.2, 0.25) is 0 Å². The third-order valence-electron chi connectivity index (χ3n) is 5.93. The molecule has 2 nitrogen and oxygen atoms in total. The lowest BCUT2D eigenvalue weighted by atomic mass is 9.74. The molecule has 0 bridgehead atoms. The molecule has 2 aromatic carbocycles. The summed E-state index contributed by atoms with van der Waals surface area (Å²) in [6.07, 6.45) is 4.02. The van der Waals surface area contributed by atoms with Gasteiger partial charge in [0.15, 0.2) is 0 Å². The molecule has 0 N–H and O–H groups in total. The Bertz CT molecular complexity index is 641. The summed E-state index contributed by atoms with van der Waals surface area (Å²) in [6, 6.07) is 17.7. The first-order chi connectivity index (χ1) is 13.4. The number of rotatable bonds is 11. The highest BCUT2D eigenvalue weighted by Crippen LogP contribution is 2.46. The number of hydrogen-bond acceptors (Lipinski definition) is 2. The van der Waals surface area contributed by atoms with Crippen LogP contribution in [-0.4, -0.2) is 13.2 Å². The zero-order valence-electron chi connectivity index (χ0n) is 18.7. The summed E-state index contributed by atoms with van der Waals surface area (Å²) < 4.78 is 13.2. The smallest absolute Gasteiger partial charge is 0.123 e. The first-order valence-corrected chi connectivity index (χ1v) is 10.9. The van der Waals surface area contributed by atoms with Gasteiger partial charge in [-0.2, -0.15) is 0 Å². The molecule has 0 aliphatic rings. The molecule has 0 radical (unpaired) electrons. The largest absolute Gasteiger partial charge is 0.367 e. The van der Waals surface area contributed by atoms with E-state index in [9.17, 15) is 0 Å². The molecule has 0 spiro atoms. The Morgan fingerprint density at radius 2 is 0.893 bits per heavy atom. The van der Waals surface area contributed by atoms with E-state index in [1.54, 1.807) is 0 Å². The molecule has 0 fully saturated rings. The molecule has 0 amide bonds. The highest BCUT2D eigenvalue weighted by Gasteiger charge is 2.49. The molecule has 0 aliphatic carbocycles. The van der Waals surface area contributed by atoms with Crippen LogP contribution >= 0.6 is 0 Å². The Kier molecular flexibility index (Phi) is 8.27. The summed E-state index contributed by atoms with van der Waals surface area (Å²) in [7, 11) is 0. The lowest BCUT2D eigenvalue weighted by Crippen LogP contribution is -2.49. The van der Waals surface area contributed by atoms with Gasteiger partial charge in [0.05, 0.1) is 0 Å². The molecule has 28 heavy (non-hydrogen) atoms. The van der Waals surface area contributed by atoms with Crippen molar-refractivity contribution in [3.05, 3.63) is 70.8 Å². The minimum absolute atomic E-state index is 0.585. The van der Waals surface area contributed by atoms with Crippen LogP contribution in [-0.2, 0) is 33.5 Å². The van der Waals surface area contributed by atoms with Gasteiger partial charge < -0.3 is 9.47 Å². The Morgan fingerprint density at radius 1 is 0.571 bits per heavy atom. The van der Waals surface area contributed by atoms with E-state index in [1.165, 1.54) is 11.1 Å². The van der Waals surface area contributed by atoms with E-state index in [2.05, 4.69) is 90.1 Å². The van der Waals surface area contributed by atoms with Crippen molar-refractivity contribution in [3.8, 4) is 0 Å². The standard InChI is InChI=1S/C26H38O2/c1-7-19-27-25(5,23-15-11-21(9-3)12-16-23)26(6,28-20-8-2)24-17-13-22(10-4)14-18-24/h11-18H,7-10,19-20H2,1-6H3. The van der Waals surface area contributed by atoms with Gasteiger partial charge in [-0.3, -0.25) is 0 Å². The van der Waals surface area contributed by atoms with Crippen LogP contribution in [0.4, 0.5) is 0 Å². The molecule has 2 aromatic rings. The SMILES string of the molecule is CCCOC(C)(c1ccc(CC)cc1)C(C)(OCCC)c1ccc(CC)cc1. The monoisotopic (exact) mass is 382 g/mol. The summed E-state index contributed by atoms with van der Waals surface area (Å²) in [5, 5.41) is 0. The van der Waals surface area contributed by atoms with Gasteiger partial charge in [0, 0.05) is 13.2 Å². The van der Waals surface area contributed by atoms with Crippen LogP contribution in [0.2, 0.25) is 0 Å². The molecule has 2 heteroatoms. The topological polar surface area (TPSA) is 18.5 Å². The molecule has 0 saturated heterocycles. The van der Waals surface area contributed by atoms with Gasteiger partial charge in [-0.15, -0.1) is 0 Å². The van der Waals surface area contributed by atoms with Gasteiger partial charge in [-0.1, -0.05) is 76.2 Å². The average Bonchev–Trinajstić information content (AvgIpc) is 2.75. The molecule has 2 atom stereocenters. The molecule has 0 aliphatic heterocycles. The van der Waals surface area contributed by atoms with E-state index in [4.69, 9.17) is 9.47 Å². The highest BCUT2D eigenvalue weighted by molar-refractivity contribution is 5.36. The van der Waals surface area contributed by atoms with Crippen molar-refractivity contribution in [1.82, 2.24) is 0 Å². The van der Waals surface area contributed by atoms with Gasteiger partial charge in [0.1, 0.15) is 11.2 Å². The highest BCUT2D eigenvalue weighted by atomic mass is 16.6. The summed E-state index contributed by atoms with van der Waals surface area (Å²) in [5.74, 6) is 0. The second kappa shape index (κ2) is 10.2. The van der Waals surface area contributed by atoms with Crippen molar-refractivity contribution in [2.24, 2.45) is 0 Å². The molecule has 0 saturated carbocycles. The Morgan fingerprint density at radius 3 is 1.14 bits per heavy atom. The van der Waals surface area contributed by atoms with Gasteiger partial charge in [-0.05, 0) is 61.8 Å². The summed E-state index contributed by atoms with van der Waals surface area (Å²) in [5.41, 5.74) is 3.83. The van der Waals surface area contributed by atoms with E-state index in [1.807, 2.05) is 0 Å². The van der Waals surface area contributed by atoms with Crippen LogP contribution in [0.5, 0.6) is 0 Å². The van der Waals surface area contributed by atoms with Crippen LogP contribution in [0, 0.1) is 0 Å². The predicted octanol–water partition coefficient (Wildman–Crippen LogP) is 6.80. The van der Waals surface area contributed by atoms with Gasteiger partial charge in [0.25, 0.3) is 0 Å². The number of hydrogen-bond donors (Lipinski definition) is 0. The molecular formula is C26H38O2. The van der Waals surface area contributed by atoms with Crippen molar-refractivity contribution in [1.29, 1.82) is 0 Å². The van der Waals surface area contributed by atoms with E-state index >= 15 is 0 Å². The van der Waals surface area contributed by atoms with E-state index in [-0.39, 0.29) is 0 Å². The minimum atomic E-state index is -0.585. The second-order valence-corrected chi connectivity index (χ2v) is 7.86. The Hall–Kier alpha value is -1.64. The van der Waals surface area contributed by atoms with E-state index < -0.39 is 11.2 Å². The first-order valence-electron chi connectivity index (χ1n) is 10.9. The number of aryl methyl sites for hydroxylation is 2. The van der Waals surface area contributed by atoms with E-state index in [0.717, 1.165) is 36.8 Å². The van der Waals surface area contributed by atoms with E-state index in [0.29, 0.717) is 13.2 Å². The third kappa shape index (κ3) is 4.67. The maximum Gasteiger partial charge on any atom is 0.123 e. The van der Waals surface area contributed by atoms with Crippen molar-refractivity contribution in [2.75, 3.05) is 13.2 Å². The zero-order chi connectivity index (χ0) is 20.6. The quantitative estimate of drug-likeness (QED) is 0.426. The van der Waals surface area contributed by atoms with Gasteiger partial charge in [-0.25, -0.2) is 0 Å². The minimum Gasteiger partial charge on any atom is -0.367 e. The summed E-state index contributed by atoms with van der Waals surface area (Å²) in [4.78, 5) is 0. The van der Waals surface area contributed by atoms with Crippen molar-refractivity contribution >= 4 is 0 Å². The summed E-state index contributed by atoms with van der Waals surface area (Å²) in [6.45, 7) is 14.5. The number of benzene rings is 2. The van der Waals surface area contributed by atoms with Crippen molar-refractivity contribution in [2.45, 2.75) is 78.4 Å². The van der Waals surface area contributed by atoms with Crippen LogP contribution in [0.1, 0.15) is 76.6 Å².